The van der Waals surface area contributed by atoms with Crippen LogP contribution in [0.15, 0.2) is 0 Å². The normalized spacial score (nSPS) is 35.6. The highest BCUT2D eigenvalue weighted by molar-refractivity contribution is 5.85. The van der Waals surface area contributed by atoms with Gasteiger partial charge in [0.25, 0.3) is 0 Å². The molecule has 2 fully saturated rings. The molecule has 0 aromatic carbocycles. The lowest BCUT2D eigenvalue weighted by atomic mass is 9.95. The summed E-state index contributed by atoms with van der Waals surface area (Å²) in [6.45, 7) is 2.98. The average molecular weight is 253 g/mol. The van der Waals surface area contributed by atoms with Crippen LogP contribution in [0.1, 0.15) is 45.4 Å². The van der Waals surface area contributed by atoms with Gasteiger partial charge in [0.15, 0.2) is 0 Å². The fourth-order valence-electron chi connectivity index (χ4n) is 3.46. The Labute approximate surface area is 108 Å². The van der Waals surface area contributed by atoms with Crippen molar-refractivity contribution < 1.29 is 14.7 Å². The molecular formula is C14H23NO3. The molecule has 2 N–H and O–H groups in total. The van der Waals surface area contributed by atoms with Gasteiger partial charge in [-0.15, -0.1) is 0 Å². The molecule has 0 aromatic heterocycles. The number of nitrogens with one attached hydrogen (secondary N) is 1. The van der Waals surface area contributed by atoms with Gasteiger partial charge in [-0.1, -0.05) is 19.8 Å². The summed E-state index contributed by atoms with van der Waals surface area (Å²) in [5, 5.41) is 12.0. The number of rotatable bonds is 4. The predicted octanol–water partition coefficient (Wildman–Crippen LogP) is 2.04. The summed E-state index contributed by atoms with van der Waals surface area (Å²) in [6, 6.07) is 0. The lowest BCUT2D eigenvalue weighted by Gasteiger charge is -2.17. The van der Waals surface area contributed by atoms with Crippen LogP contribution >= 0.6 is 0 Å². The third-order valence-corrected chi connectivity index (χ3v) is 4.54. The first-order valence-electron chi connectivity index (χ1n) is 7.08. The van der Waals surface area contributed by atoms with Crippen LogP contribution in [0.5, 0.6) is 0 Å². The van der Waals surface area contributed by atoms with Crippen molar-refractivity contribution in [1.29, 1.82) is 0 Å². The third-order valence-electron chi connectivity index (χ3n) is 4.54. The van der Waals surface area contributed by atoms with Crippen LogP contribution < -0.4 is 5.32 Å². The van der Waals surface area contributed by atoms with Crippen LogP contribution in [0.3, 0.4) is 0 Å². The molecule has 4 atom stereocenters. The van der Waals surface area contributed by atoms with Gasteiger partial charge in [0.05, 0.1) is 11.8 Å². The van der Waals surface area contributed by atoms with Gasteiger partial charge in [0.2, 0.25) is 5.91 Å². The van der Waals surface area contributed by atoms with E-state index in [1.165, 1.54) is 19.3 Å². The molecule has 0 spiro atoms. The minimum atomic E-state index is -0.817. The van der Waals surface area contributed by atoms with Crippen molar-refractivity contribution in [3.05, 3.63) is 0 Å². The Balaban J connectivity index is 1.79. The van der Waals surface area contributed by atoms with Crippen molar-refractivity contribution in [3.8, 4) is 0 Å². The molecule has 4 nitrogen and oxygen atoms in total. The summed E-state index contributed by atoms with van der Waals surface area (Å²) in [4.78, 5) is 23.1. The van der Waals surface area contributed by atoms with E-state index < -0.39 is 11.9 Å². The maximum absolute atomic E-state index is 12.0. The Morgan fingerprint density at radius 1 is 1.17 bits per heavy atom. The van der Waals surface area contributed by atoms with E-state index in [1.807, 2.05) is 0 Å². The Kier molecular flexibility index (Phi) is 4.25. The maximum Gasteiger partial charge on any atom is 0.307 e. The first-order chi connectivity index (χ1) is 8.58. The summed E-state index contributed by atoms with van der Waals surface area (Å²) < 4.78 is 0. The lowest BCUT2D eigenvalue weighted by molar-refractivity contribution is -0.146. The van der Waals surface area contributed by atoms with E-state index in [2.05, 4.69) is 12.2 Å². The smallest absolute Gasteiger partial charge is 0.307 e. The van der Waals surface area contributed by atoms with Gasteiger partial charge in [-0.2, -0.15) is 0 Å². The second kappa shape index (κ2) is 5.72. The minimum absolute atomic E-state index is 0.0422. The van der Waals surface area contributed by atoms with Gasteiger partial charge in [-0.25, -0.2) is 0 Å². The van der Waals surface area contributed by atoms with E-state index in [0.29, 0.717) is 12.3 Å². The van der Waals surface area contributed by atoms with Crippen molar-refractivity contribution in [2.45, 2.75) is 45.4 Å². The molecule has 0 aromatic rings. The molecule has 1 amide bonds. The second-order valence-electron chi connectivity index (χ2n) is 6.01. The van der Waals surface area contributed by atoms with Crippen LogP contribution in [-0.2, 0) is 9.59 Å². The van der Waals surface area contributed by atoms with Crippen LogP contribution in [0.2, 0.25) is 0 Å². The molecule has 2 rings (SSSR count). The van der Waals surface area contributed by atoms with Gasteiger partial charge in [-0.3, -0.25) is 9.59 Å². The zero-order valence-electron chi connectivity index (χ0n) is 11.0. The number of carbonyl (C=O) groups excluding carboxylic acids is 1. The van der Waals surface area contributed by atoms with Crippen LogP contribution in [0, 0.1) is 23.7 Å². The molecule has 0 radical (unpaired) electrons. The summed E-state index contributed by atoms with van der Waals surface area (Å²) in [6.07, 6.45) is 5.86. The Morgan fingerprint density at radius 2 is 1.89 bits per heavy atom. The summed E-state index contributed by atoms with van der Waals surface area (Å²) in [5.74, 6) is -0.269. The van der Waals surface area contributed by atoms with Gasteiger partial charge in [-0.05, 0) is 37.5 Å². The van der Waals surface area contributed by atoms with Crippen molar-refractivity contribution in [3.63, 3.8) is 0 Å². The first-order valence-corrected chi connectivity index (χ1v) is 7.08. The topological polar surface area (TPSA) is 66.4 Å². The van der Waals surface area contributed by atoms with E-state index in [0.717, 1.165) is 25.3 Å². The van der Waals surface area contributed by atoms with Gasteiger partial charge in [0, 0.05) is 6.54 Å². The van der Waals surface area contributed by atoms with E-state index in [4.69, 9.17) is 5.11 Å². The quantitative estimate of drug-likeness (QED) is 0.805. The molecule has 0 heterocycles. The molecule has 2 aliphatic carbocycles. The fraction of sp³-hybridized carbons (Fsp3) is 0.857. The third kappa shape index (κ3) is 3.03. The van der Waals surface area contributed by atoms with Crippen molar-refractivity contribution in [1.82, 2.24) is 5.32 Å². The maximum atomic E-state index is 12.0. The largest absolute Gasteiger partial charge is 0.481 e. The number of amides is 1. The zero-order valence-corrected chi connectivity index (χ0v) is 11.0. The van der Waals surface area contributed by atoms with E-state index in [1.54, 1.807) is 0 Å². The molecule has 0 aliphatic heterocycles. The lowest BCUT2D eigenvalue weighted by Crippen LogP contribution is -2.37. The molecule has 102 valence electrons. The Morgan fingerprint density at radius 3 is 2.50 bits per heavy atom. The van der Waals surface area contributed by atoms with E-state index in [9.17, 15) is 9.59 Å². The minimum Gasteiger partial charge on any atom is -0.481 e. The Bertz CT molecular complexity index is 329. The van der Waals surface area contributed by atoms with Gasteiger partial charge >= 0.3 is 5.97 Å². The van der Waals surface area contributed by atoms with Crippen LogP contribution in [0.25, 0.3) is 0 Å². The highest BCUT2D eigenvalue weighted by Crippen LogP contribution is 2.33. The van der Waals surface area contributed by atoms with E-state index >= 15 is 0 Å². The average Bonchev–Trinajstić information content (AvgIpc) is 2.94. The highest BCUT2D eigenvalue weighted by Gasteiger charge is 2.37. The number of hydrogen-bond acceptors (Lipinski definition) is 2. The van der Waals surface area contributed by atoms with Crippen molar-refractivity contribution in [2.24, 2.45) is 23.7 Å². The fourth-order valence-corrected chi connectivity index (χ4v) is 3.46. The second-order valence-corrected chi connectivity index (χ2v) is 6.01. The summed E-state index contributed by atoms with van der Waals surface area (Å²) in [7, 11) is 0. The van der Waals surface area contributed by atoms with Crippen LogP contribution in [-0.4, -0.2) is 23.5 Å². The molecule has 18 heavy (non-hydrogen) atoms. The standard InChI is InChI=1S/C14H23NO3/c1-9-5-6-10(7-9)8-15-13(16)11-3-2-4-12(11)14(17)18/h9-12H,2-8H2,1H3,(H,15,16)(H,17,18). The van der Waals surface area contributed by atoms with Crippen molar-refractivity contribution >= 4 is 11.9 Å². The number of carbonyl (C=O) groups is 2. The molecular weight excluding hydrogens is 230 g/mol. The first kappa shape index (κ1) is 13.4. The highest BCUT2D eigenvalue weighted by atomic mass is 16.4. The summed E-state index contributed by atoms with van der Waals surface area (Å²) >= 11 is 0. The number of hydrogen-bond donors (Lipinski definition) is 2. The molecule has 0 saturated heterocycles. The molecule has 2 aliphatic rings. The molecule has 4 heteroatoms. The van der Waals surface area contributed by atoms with Crippen LogP contribution in [0.4, 0.5) is 0 Å². The molecule has 4 unspecified atom stereocenters. The Hall–Kier alpha value is -1.06. The number of carboxylic acids is 1. The monoisotopic (exact) mass is 253 g/mol. The predicted molar refractivity (Wildman–Crippen MR) is 68.0 cm³/mol. The van der Waals surface area contributed by atoms with Crippen molar-refractivity contribution in [2.75, 3.05) is 6.54 Å². The zero-order chi connectivity index (χ0) is 13.1. The summed E-state index contributed by atoms with van der Waals surface area (Å²) in [5.41, 5.74) is 0. The SMILES string of the molecule is CC1CCC(CNC(=O)C2CCCC2C(=O)O)C1. The molecule has 2 saturated carbocycles. The molecule has 0 bridgehead atoms. The van der Waals surface area contributed by atoms with Gasteiger partial charge in [0.1, 0.15) is 0 Å². The number of aliphatic carboxylic acids is 1. The van der Waals surface area contributed by atoms with E-state index in [-0.39, 0.29) is 11.8 Å². The van der Waals surface area contributed by atoms with Gasteiger partial charge < -0.3 is 10.4 Å². The number of carboxylic acid groups (broad SMARTS) is 1.